The van der Waals surface area contributed by atoms with E-state index in [4.69, 9.17) is 10.00 Å². The zero-order valence-corrected chi connectivity index (χ0v) is 12.6. The zero-order valence-electron chi connectivity index (χ0n) is 11.7. The molecule has 2 fully saturated rings. The van der Waals surface area contributed by atoms with Crippen molar-refractivity contribution < 1.29 is 13.2 Å². The summed E-state index contributed by atoms with van der Waals surface area (Å²) in [5.41, 5.74) is 0.469. The molecule has 1 saturated carbocycles. The maximum Gasteiger partial charge on any atom is 0.243 e. The Morgan fingerprint density at radius 3 is 2.48 bits per heavy atom. The molecule has 0 bridgehead atoms. The second-order valence-electron chi connectivity index (χ2n) is 5.67. The van der Waals surface area contributed by atoms with E-state index in [0.29, 0.717) is 24.6 Å². The van der Waals surface area contributed by atoms with Gasteiger partial charge in [-0.05, 0) is 49.4 Å². The lowest BCUT2D eigenvalue weighted by atomic mass is 10.1. The number of rotatable bonds is 5. The lowest BCUT2D eigenvalue weighted by Gasteiger charge is -2.24. The van der Waals surface area contributed by atoms with Crippen molar-refractivity contribution in [1.29, 1.82) is 5.26 Å². The summed E-state index contributed by atoms with van der Waals surface area (Å²) in [5, 5.41) is 8.80. The third kappa shape index (κ3) is 3.10. The summed E-state index contributed by atoms with van der Waals surface area (Å²) in [4.78, 5) is 0.271. The van der Waals surface area contributed by atoms with E-state index in [1.165, 1.54) is 12.1 Å². The molecule has 2 aliphatic rings. The molecular formula is C15H18N2O3S. The molecule has 0 N–H and O–H groups in total. The van der Waals surface area contributed by atoms with Crippen LogP contribution < -0.4 is 0 Å². The Kier molecular flexibility index (Phi) is 3.98. The molecule has 6 heteroatoms. The van der Waals surface area contributed by atoms with Gasteiger partial charge >= 0.3 is 0 Å². The minimum absolute atomic E-state index is 0.131. The summed E-state index contributed by atoms with van der Waals surface area (Å²) in [6.07, 6.45) is 2.79. The van der Waals surface area contributed by atoms with E-state index in [1.807, 2.05) is 6.07 Å². The number of nitrogens with zero attached hydrogens (tertiary/aromatic N) is 2. The van der Waals surface area contributed by atoms with Crippen LogP contribution in [0.25, 0.3) is 0 Å². The highest BCUT2D eigenvalue weighted by Crippen LogP contribution is 2.33. The quantitative estimate of drug-likeness (QED) is 0.831. The average molecular weight is 306 g/mol. The Labute approximate surface area is 125 Å². The van der Waals surface area contributed by atoms with Crippen molar-refractivity contribution in [3.05, 3.63) is 29.8 Å². The molecule has 1 aliphatic carbocycles. The minimum atomic E-state index is -3.48. The van der Waals surface area contributed by atoms with Gasteiger partial charge in [-0.2, -0.15) is 9.57 Å². The third-order valence-electron chi connectivity index (χ3n) is 4.01. The van der Waals surface area contributed by atoms with Crippen molar-refractivity contribution in [2.24, 2.45) is 5.92 Å². The molecule has 0 radical (unpaired) electrons. The van der Waals surface area contributed by atoms with E-state index in [1.54, 1.807) is 16.4 Å². The van der Waals surface area contributed by atoms with Crippen molar-refractivity contribution in [2.45, 2.75) is 30.2 Å². The largest absolute Gasteiger partial charge is 0.381 e. The SMILES string of the molecule is N#Cc1ccc(S(=O)(=O)N(CC2CCOC2)C2CC2)cc1. The Morgan fingerprint density at radius 2 is 1.95 bits per heavy atom. The van der Waals surface area contributed by atoms with Crippen LogP contribution in [0.15, 0.2) is 29.2 Å². The van der Waals surface area contributed by atoms with Gasteiger partial charge in [-0.3, -0.25) is 0 Å². The number of ether oxygens (including phenoxy) is 1. The smallest absolute Gasteiger partial charge is 0.243 e. The maximum atomic E-state index is 12.8. The highest BCUT2D eigenvalue weighted by Gasteiger charge is 2.39. The molecule has 21 heavy (non-hydrogen) atoms. The molecular weight excluding hydrogens is 288 g/mol. The fourth-order valence-corrected chi connectivity index (χ4v) is 4.39. The Hall–Kier alpha value is -1.42. The fraction of sp³-hybridized carbons (Fsp3) is 0.533. The van der Waals surface area contributed by atoms with Crippen LogP contribution in [-0.2, 0) is 14.8 Å². The summed E-state index contributed by atoms with van der Waals surface area (Å²) in [7, 11) is -3.48. The molecule has 0 aromatic heterocycles. The van der Waals surface area contributed by atoms with Crippen molar-refractivity contribution in [2.75, 3.05) is 19.8 Å². The normalized spacial score (nSPS) is 22.4. The molecule has 0 amide bonds. The second kappa shape index (κ2) is 5.76. The molecule has 1 heterocycles. The molecule has 3 rings (SSSR count). The van der Waals surface area contributed by atoms with Crippen molar-refractivity contribution in [1.82, 2.24) is 4.31 Å². The van der Waals surface area contributed by atoms with E-state index >= 15 is 0 Å². The van der Waals surface area contributed by atoms with E-state index < -0.39 is 10.0 Å². The van der Waals surface area contributed by atoms with Gasteiger partial charge in [0.15, 0.2) is 0 Å². The molecule has 1 aromatic carbocycles. The summed E-state index contributed by atoms with van der Waals surface area (Å²) >= 11 is 0. The molecule has 1 unspecified atom stereocenters. The van der Waals surface area contributed by atoms with Crippen molar-refractivity contribution >= 4 is 10.0 Å². The highest BCUT2D eigenvalue weighted by molar-refractivity contribution is 7.89. The average Bonchev–Trinajstić information content (AvgIpc) is 3.20. The first-order chi connectivity index (χ1) is 10.1. The molecule has 1 aliphatic heterocycles. The van der Waals surface area contributed by atoms with Gasteiger partial charge in [0.2, 0.25) is 10.0 Å². The lowest BCUT2D eigenvalue weighted by molar-refractivity contribution is 0.180. The van der Waals surface area contributed by atoms with Crippen LogP contribution in [0.4, 0.5) is 0 Å². The summed E-state index contributed by atoms with van der Waals surface area (Å²) in [5.74, 6) is 0.291. The van der Waals surface area contributed by atoms with Gasteiger partial charge in [-0.25, -0.2) is 8.42 Å². The molecule has 5 nitrogen and oxygen atoms in total. The van der Waals surface area contributed by atoms with Gasteiger partial charge in [0.1, 0.15) is 0 Å². The van der Waals surface area contributed by atoms with Gasteiger partial charge in [-0.15, -0.1) is 0 Å². The van der Waals surface area contributed by atoms with Gasteiger partial charge < -0.3 is 4.74 Å². The highest BCUT2D eigenvalue weighted by atomic mass is 32.2. The first-order valence-corrected chi connectivity index (χ1v) is 8.65. The minimum Gasteiger partial charge on any atom is -0.381 e. The van der Waals surface area contributed by atoms with Gasteiger partial charge in [0.05, 0.1) is 23.1 Å². The molecule has 0 spiro atoms. The van der Waals surface area contributed by atoms with Gasteiger partial charge in [0.25, 0.3) is 0 Å². The summed E-state index contributed by atoms with van der Waals surface area (Å²) in [6, 6.07) is 8.28. The summed E-state index contributed by atoms with van der Waals surface area (Å²) in [6.45, 7) is 1.90. The number of sulfonamides is 1. The van der Waals surface area contributed by atoms with Crippen LogP contribution in [0.1, 0.15) is 24.8 Å². The number of nitriles is 1. The van der Waals surface area contributed by atoms with E-state index in [-0.39, 0.29) is 10.9 Å². The fourth-order valence-electron chi connectivity index (χ4n) is 2.62. The van der Waals surface area contributed by atoms with E-state index in [0.717, 1.165) is 25.9 Å². The number of hydrogen-bond donors (Lipinski definition) is 0. The lowest BCUT2D eigenvalue weighted by Crippen LogP contribution is -2.37. The monoisotopic (exact) mass is 306 g/mol. The van der Waals surface area contributed by atoms with Crippen LogP contribution in [-0.4, -0.2) is 38.5 Å². The first-order valence-electron chi connectivity index (χ1n) is 7.21. The first kappa shape index (κ1) is 14.5. The van der Waals surface area contributed by atoms with Crippen molar-refractivity contribution in [3.63, 3.8) is 0 Å². The Balaban J connectivity index is 1.83. The number of benzene rings is 1. The van der Waals surface area contributed by atoms with Gasteiger partial charge in [0, 0.05) is 19.2 Å². The van der Waals surface area contributed by atoms with Crippen molar-refractivity contribution in [3.8, 4) is 6.07 Å². The predicted octanol–water partition coefficient (Wildman–Crippen LogP) is 1.75. The van der Waals surface area contributed by atoms with Crippen LogP contribution in [0.5, 0.6) is 0 Å². The standard InChI is InChI=1S/C15H18N2O3S/c16-9-12-1-5-15(6-2-12)21(18,19)17(14-3-4-14)10-13-7-8-20-11-13/h1-2,5-6,13-14H,3-4,7-8,10-11H2. The van der Waals surface area contributed by atoms with Crippen LogP contribution in [0.2, 0.25) is 0 Å². The Morgan fingerprint density at radius 1 is 1.24 bits per heavy atom. The zero-order chi connectivity index (χ0) is 14.9. The van der Waals surface area contributed by atoms with Crippen LogP contribution in [0.3, 0.4) is 0 Å². The number of hydrogen-bond acceptors (Lipinski definition) is 4. The second-order valence-corrected chi connectivity index (χ2v) is 7.56. The predicted molar refractivity (Wildman–Crippen MR) is 77.0 cm³/mol. The van der Waals surface area contributed by atoms with Gasteiger partial charge in [-0.1, -0.05) is 0 Å². The van der Waals surface area contributed by atoms with Crippen LogP contribution >= 0.6 is 0 Å². The maximum absolute atomic E-state index is 12.8. The van der Waals surface area contributed by atoms with E-state index in [2.05, 4.69) is 0 Å². The molecule has 1 aromatic rings. The molecule has 112 valence electrons. The molecule has 1 saturated heterocycles. The van der Waals surface area contributed by atoms with E-state index in [9.17, 15) is 8.42 Å². The summed E-state index contributed by atoms with van der Waals surface area (Å²) < 4.78 is 32.6. The topological polar surface area (TPSA) is 70.4 Å². The Bertz CT molecular complexity index is 638. The van der Waals surface area contributed by atoms with Crippen LogP contribution in [0, 0.1) is 17.2 Å². The third-order valence-corrected chi connectivity index (χ3v) is 5.94. The molecule has 1 atom stereocenters.